The molecule has 0 aliphatic carbocycles. The number of para-hydroxylation sites is 1. The summed E-state index contributed by atoms with van der Waals surface area (Å²) in [5, 5.41) is 12.5. The maximum Gasteiger partial charge on any atom is 0.262 e. The third-order valence-electron chi connectivity index (χ3n) is 3.16. The maximum atomic E-state index is 12.2. The summed E-state index contributed by atoms with van der Waals surface area (Å²) in [5.74, 6) is 1.10. The molecule has 7 nitrogen and oxygen atoms in total. The molecule has 0 unspecified atom stereocenters. The summed E-state index contributed by atoms with van der Waals surface area (Å²) in [5.41, 5.74) is 2.90. The van der Waals surface area contributed by atoms with Gasteiger partial charge in [-0.3, -0.25) is 4.79 Å². The van der Waals surface area contributed by atoms with E-state index in [4.69, 9.17) is 0 Å². The molecule has 0 radical (unpaired) electrons. The van der Waals surface area contributed by atoms with Crippen molar-refractivity contribution in [2.45, 2.75) is 10.1 Å². The summed E-state index contributed by atoms with van der Waals surface area (Å²) in [7, 11) is 0. The summed E-state index contributed by atoms with van der Waals surface area (Å²) in [6, 6.07) is 9.61. The second kappa shape index (κ2) is 5.94. The standard InChI is InChI=1S/C14H10N6OS2/c21-13-10-6-16-20(9-4-2-1-3-5-9)12(10)17-11(18-13)7-22-14-19-15-8-23-14/h1-6,8H,7H2,(H,17,18,21). The van der Waals surface area contributed by atoms with E-state index in [9.17, 15) is 4.79 Å². The van der Waals surface area contributed by atoms with Crippen molar-refractivity contribution in [1.29, 1.82) is 0 Å². The minimum atomic E-state index is -0.190. The van der Waals surface area contributed by atoms with Gasteiger partial charge in [0, 0.05) is 0 Å². The summed E-state index contributed by atoms with van der Waals surface area (Å²) in [6.07, 6.45) is 1.54. The SMILES string of the molecule is O=c1[nH]c(CSc2nncs2)nc2c1cnn2-c1ccccc1. The van der Waals surface area contributed by atoms with Gasteiger partial charge in [0.1, 0.15) is 16.7 Å². The predicted molar refractivity (Wildman–Crippen MR) is 89.0 cm³/mol. The number of hydrogen-bond acceptors (Lipinski definition) is 7. The zero-order chi connectivity index (χ0) is 15.6. The van der Waals surface area contributed by atoms with Gasteiger partial charge in [0.15, 0.2) is 9.99 Å². The molecule has 0 aliphatic rings. The van der Waals surface area contributed by atoms with E-state index in [0.717, 1.165) is 10.0 Å². The molecule has 114 valence electrons. The predicted octanol–water partition coefficient (Wildman–Crippen LogP) is 2.25. The Bertz CT molecular complexity index is 993. The highest BCUT2D eigenvalue weighted by atomic mass is 32.2. The van der Waals surface area contributed by atoms with Gasteiger partial charge < -0.3 is 4.98 Å². The number of fused-ring (bicyclic) bond motifs is 1. The molecule has 1 aromatic carbocycles. The molecule has 0 bridgehead atoms. The molecule has 0 atom stereocenters. The van der Waals surface area contributed by atoms with Gasteiger partial charge in [-0.05, 0) is 12.1 Å². The highest BCUT2D eigenvalue weighted by Crippen LogP contribution is 2.22. The van der Waals surface area contributed by atoms with Crippen LogP contribution in [-0.2, 0) is 5.75 Å². The molecule has 1 N–H and O–H groups in total. The van der Waals surface area contributed by atoms with Crippen LogP contribution in [0.2, 0.25) is 0 Å². The summed E-state index contributed by atoms with van der Waals surface area (Å²) in [6.45, 7) is 0. The van der Waals surface area contributed by atoms with Crippen molar-refractivity contribution < 1.29 is 0 Å². The van der Waals surface area contributed by atoms with Gasteiger partial charge in [-0.15, -0.1) is 10.2 Å². The van der Waals surface area contributed by atoms with Crippen LogP contribution in [0, 0.1) is 0 Å². The Morgan fingerprint density at radius 1 is 1.26 bits per heavy atom. The van der Waals surface area contributed by atoms with Gasteiger partial charge in [0.25, 0.3) is 5.56 Å². The average molecular weight is 342 g/mol. The zero-order valence-electron chi connectivity index (χ0n) is 11.7. The minimum absolute atomic E-state index is 0.190. The fourth-order valence-electron chi connectivity index (χ4n) is 2.15. The molecule has 0 saturated carbocycles. The monoisotopic (exact) mass is 342 g/mol. The number of nitrogens with zero attached hydrogens (tertiary/aromatic N) is 5. The second-order valence-corrected chi connectivity index (χ2v) is 6.69. The van der Waals surface area contributed by atoms with E-state index in [1.807, 2.05) is 30.3 Å². The third kappa shape index (κ3) is 2.76. The first-order valence-electron chi connectivity index (χ1n) is 6.72. The molecule has 4 aromatic rings. The molecular formula is C14H10N6OS2. The van der Waals surface area contributed by atoms with Crippen molar-refractivity contribution in [3.63, 3.8) is 0 Å². The summed E-state index contributed by atoms with van der Waals surface area (Å²) in [4.78, 5) is 19.6. The Balaban J connectivity index is 1.74. The van der Waals surface area contributed by atoms with Crippen molar-refractivity contribution in [3.05, 3.63) is 58.2 Å². The first-order chi connectivity index (χ1) is 11.3. The highest BCUT2D eigenvalue weighted by molar-refractivity contribution is 8.00. The lowest BCUT2D eigenvalue weighted by Gasteiger charge is -2.03. The normalized spacial score (nSPS) is 11.1. The fraction of sp³-hybridized carbons (Fsp3) is 0.0714. The molecule has 0 saturated heterocycles. The van der Waals surface area contributed by atoms with Crippen LogP contribution < -0.4 is 5.56 Å². The van der Waals surface area contributed by atoms with Crippen LogP contribution in [0.5, 0.6) is 0 Å². The first kappa shape index (κ1) is 14.1. The van der Waals surface area contributed by atoms with Crippen LogP contribution in [0.4, 0.5) is 0 Å². The second-order valence-electron chi connectivity index (χ2n) is 4.64. The van der Waals surface area contributed by atoms with E-state index in [2.05, 4.69) is 25.3 Å². The van der Waals surface area contributed by atoms with Gasteiger partial charge in [-0.2, -0.15) is 5.10 Å². The number of benzene rings is 1. The number of nitrogens with one attached hydrogen (secondary N) is 1. The van der Waals surface area contributed by atoms with E-state index in [-0.39, 0.29) is 5.56 Å². The minimum Gasteiger partial charge on any atom is -0.309 e. The van der Waals surface area contributed by atoms with Gasteiger partial charge in [-0.1, -0.05) is 41.3 Å². The van der Waals surface area contributed by atoms with Crippen molar-refractivity contribution in [2.24, 2.45) is 0 Å². The van der Waals surface area contributed by atoms with Gasteiger partial charge >= 0.3 is 0 Å². The van der Waals surface area contributed by atoms with Crippen LogP contribution in [0.25, 0.3) is 16.7 Å². The molecule has 0 fully saturated rings. The molecule has 3 aromatic heterocycles. The number of rotatable bonds is 4. The summed E-state index contributed by atoms with van der Waals surface area (Å²) < 4.78 is 2.51. The topological polar surface area (TPSA) is 89.3 Å². The van der Waals surface area contributed by atoms with Gasteiger partial charge in [0.2, 0.25) is 0 Å². The molecule has 9 heteroatoms. The zero-order valence-corrected chi connectivity index (χ0v) is 13.3. The number of H-pyrrole nitrogens is 1. The van der Waals surface area contributed by atoms with Crippen LogP contribution >= 0.6 is 23.1 Å². The number of aromatic nitrogens is 6. The van der Waals surface area contributed by atoms with Crippen LogP contribution in [-0.4, -0.2) is 29.9 Å². The average Bonchev–Trinajstić information content (AvgIpc) is 3.23. The summed E-state index contributed by atoms with van der Waals surface area (Å²) >= 11 is 2.94. The highest BCUT2D eigenvalue weighted by Gasteiger charge is 2.12. The van der Waals surface area contributed by atoms with Gasteiger partial charge in [-0.25, -0.2) is 9.67 Å². The number of hydrogen-bond donors (Lipinski definition) is 1. The molecule has 0 aliphatic heterocycles. The Kier molecular flexibility index (Phi) is 3.64. The van der Waals surface area contributed by atoms with Crippen LogP contribution in [0.15, 0.2) is 51.2 Å². The Labute approximate surface area is 138 Å². The quantitative estimate of drug-likeness (QED) is 0.572. The molecule has 3 heterocycles. The molecule has 23 heavy (non-hydrogen) atoms. The van der Waals surface area contributed by atoms with Gasteiger partial charge in [0.05, 0.1) is 17.6 Å². The van der Waals surface area contributed by atoms with Crippen molar-refractivity contribution >= 4 is 34.1 Å². The smallest absolute Gasteiger partial charge is 0.262 e. The lowest BCUT2D eigenvalue weighted by molar-refractivity contribution is 0.886. The van der Waals surface area contributed by atoms with E-state index in [0.29, 0.717) is 22.6 Å². The van der Waals surface area contributed by atoms with Crippen molar-refractivity contribution in [3.8, 4) is 5.69 Å². The van der Waals surface area contributed by atoms with E-state index >= 15 is 0 Å². The van der Waals surface area contributed by atoms with E-state index < -0.39 is 0 Å². The number of thioether (sulfide) groups is 1. The molecule has 0 spiro atoms. The van der Waals surface area contributed by atoms with Crippen LogP contribution in [0.3, 0.4) is 0 Å². The Morgan fingerprint density at radius 3 is 2.91 bits per heavy atom. The maximum absolute atomic E-state index is 12.2. The molecular weight excluding hydrogens is 332 g/mol. The van der Waals surface area contributed by atoms with E-state index in [1.54, 1.807) is 10.2 Å². The Morgan fingerprint density at radius 2 is 2.13 bits per heavy atom. The Hall–Kier alpha value is -2.52. The van der Waals surface area contributed by atoms with Crippen molar-refractivity contribution in [1.82, 2.24) is 29.9 Å². The molecule has 0 amide bonds. The lowest BCUT2D eigenvalue weighted by Crippen LogP contribution is -2.11. The van der Waals surface area contributed by atoms with Crippen LogP contribution in [0.1, 0.15) is 5.82 Å². The van der Waals surface area contributed by atoms with Crippen molar-refractivity contribution in [2.75, 3.05) is 0 Å². The fourth-order valence-corrected chi connectivity index (χ4v) is 3.50. The largest absolute Gasteiger partial charge is 0.309 e. The molecule has 4 rings (SSSR count). The lowest BCUT2D eigenvalue weighted by atomic mass is 10.3. The third-order valence-corrected chi connectivity index (χ3v) is 5.03. The number of aromatic amines is 1. The first-order valence-corrected chi connectivity index (χ1v) is 8.59. The van der Waals surface area contributed by atoms with E-state index in [1.165, 1.54) is 29.3 Å².